The number of hydrogen-bond acceptors (Lipinski definition) is 18. The lowest BCUT2D eigenvalue weighted by atomic mass is 9.77. The molecule has 77 heavy (non-hydrogen) atoms. The molecule has 4 aromatic carbocycles. The predicted octanol–water partition coefficient (Wildman–Crippen LogP) is 7.47. The number of benzene rings is 4. The zero-order chi connectivity index (χ0) is 56.1. The van der Waals surface area contributed by atoms with E-state index in [1.807, 2.05) is 0 Å². The number of aromatic nitrogens is 2. The van der Waals surface area contributed by atoms with E-state index in [1.165, 1.54) is 36.5 Å². The summed E-state index contributed by atoms with van der Waals surface area (Å²) in [5.41, 5.74) is 3.11. The van der Waals surface area contributed by atoms with Crippen molar-refractivity contribution in [3.63, 3.8) is 0 Å². The number of aromatic hydroxyl groups is 2. The number of nitrogen functional groups attached to an aromatic ring is 1. The monoisotopic (exact) mass is 1240 g/mol. The van der Waals surface area contributed by atoms with E-state index in [2.05, 4.69) is 40.6 Å². The molecule has 1 aromatic heterocycles. The average molecular weight is 1250 g/mol. The molecular formula is C43H34Cl6N5O20P3. The summed E-state index contributed by atoms with van der Waals surface area (Å²) in [6.45, 7) is -0.861. The van der Waals surface area contributed by atoms with Crippen LogP contribution in [-0.2, 0) is 53.2 Å². The fourth-order valence-electron chi connectivity index (χ4n) is 8.02. The molecule has 0 aliphatic carbocycles. The van der Waals surface area contributed by atoms with Gasteiger partial charge in [-0.05, 0) is 48.7 Å². The molecule has 0 radical (unpaired) electrons. The number of nitrogens with one attached hydrogen (secondary N) is 2. The number of phosphoric ester groups is 1. The summed E-state index contributed by atoms with van der Waals surface area (Å²) in [5.74, 6) is 1.25. The third-order valence-corrected chi connectivity index (χ3v) is 17.1. The second kappa shape index (κ2) is 22.6. The number of ether oxygens (including phenoxy) is 4. The van der Waals surface area contributed by atoms with Crippen molar-refractivity contribution in [2.75, 3.05) is 32.1 Å². The number of esters is 1. The lowest BCUT2D eigenvalue weighted by Crippen LogP contribution is -2.34. The van der Waals surface area contributed by atoms with Crippen LogP contribution in [0.25, 0.3) is 0 Å². The lowest BCUT2D eigenvalue weighted by Gasteiger charge is -2.38. The Hall–Kier alpha value is -5.00. The van der Waals surface area contributed by atoms with Gasteiger partial charge in [0.25, 0.3) is 11.8 Å². The van der Waals surface area contributed by atoms with Crippen LogP contribution < -0.4 is 26.8 Å². The summed E-state index contributed by atoms with van der Waals surface area (Å²) >= 11 is 39.4. The van der Waals surface area contributed by atoms with Crippen LogP contribution in [-0.4, -0.2) is 89.6 Å². The van der Waals surface area contributed by atoms with Crippen LogP contribution in [0.5, 0.6) is 23.0 Å². The topological polar surface area (TPSA) is 373 Å². The maximum absolute atomic E-state index is 13.9. The Kier molecular flexibility index (Phi) is 17.1. The number of anilines is 1. The third kappa shape index (κ3) is 12.3. The molecule has 10 N–H and O–H groups in total. The van der Waals surface area contributed by atoms with Gasteiger partial charge in [-0.15, -0.1) is 0 Å². The number of fused-ring (bicyclic) bond motifs is 6. The summed E-state index contributed by atoms with van der Waals surface area (Å²) < 4.78 is 70.7. The number of phenols is 2. The number of hydrogen-bond donors (Lipinski definition) is 9. The Morgan fingerprint density at radius 2 is 1.48 bits per heavy atom. The van der Waals surface area contributed by atoms with Gasteiger partial charge in [-0.1, -0.05) is 93.6 Å². The van der Waals surface area contributed by atoms with Crippen LogP contribution in [0.1, 0.15) is 78.0 Å². The maximum Gasteiger partial charge on any atom is 0.490 e. The first-order valence-electron chi connectivity index (χ1n) is 21.5. The smallest absolute Gasteiger partial charge is 0.490 e. The van der Waals surface area contributed by atoms with E-state index in [4.69, 9.17) is 104 Å². The Morgan fingerprint density at radius 1 is 0.844 bits per heavy atom. The third-order valence-electron chi connectivity index (χ3n) is 11.3. The number of carbonyl (C=O) groups is 3. The molecule has 1 fully saturated rings. The summed E-state index contributed by atoms with van der Waals surface area (Å²) in [7, 11) is -16.7. The molecule has 0 saturated carbocycles. The number of phosphoric acid groups is 3. The van der Waals surface area contributed by atoms with Crippen LogP contribution in [0.2, 0.25) is 30.1 Å². The van der Waals surface area contributed by atoms with Crippen molar-refractivity contribution in [3.05, 3.63) is 134 Å². The standard InChI is InChI=1S/C43H34Cl6N5O20P3/c44-25-12-22(31(47)30-29(25)41(59)72-43(30)23-13-26(45)34(55)32(48)36(23)71-37-24(43)14-27(46)35(56)33(37)49)40(58)52-15-18-3-5-19(6-4-18)39(57)51-9-11-68-10-1-2-20-16-54(42(60)53-38(20)50)28-8-7-21(70-28)17-69-76(64,65)74-77(66,67)73-75(61,62)63/h3-6,12-14,16,21,28,55-56H,7-11,15,17H2,(H,51,57)(H,52,58)(H,64,65)(H,66,67)(H2,50,53,60)(H2,61,62,63)/t21-,28+/m0/s1. The minimum atomic E-state index is -5.72. The van der Waals surface area contributed by atoms with Crippen LogP contribution >= 0.6 is 93.1 Å². The molecule has 1 spiro atoms. The van der Waals surface area contributed by atoms with E-state index in [9.17, 15) is 52.9 Å². The molecule has 34 heteroatoms. The number of amides is 2. The molecule has 3 aliphatic rings. The second-order valence-corrected chi connectivity index (χ2v) is 23.1. The lowest BCUT2D eigenvalue weighted by molar-refractivity contribution is -0.0242. The van der Waals surface area contributed by atoms with Gasteiger partial charge >= 0.3 is 35.1 Å². The predicted molar refractivity (Wildman–Crippen MR) is 272 cm³/mol. The quantitative estimate of drug-likeness (QED) is 0.0200. The van der Waals surface area contributed by atoms with Crippen molar-refractivity contribution >= 4 is 117 Å². The fourth-order valence-corrected chi connectivity index (χ4v) is 12.7. The van der Waals surface area contributed by atoms with E-state index >= 15 is 0 Å². The number of halogens is 6. The fraction of sp³-hybridized carbons (Fsp3) is 0.233. The molecule has 0 bridgehead atoms. The van der Waals surface area contributed by atoms with Gasteiger partial charge in [0, 0.05) is 30.4 Å². The van der Waals surface area contributed by atoms with Gasteiger partial charge in [0.05, 0.1) is 67.2 Å². The zero-order valence-electron chi connectivity index (χ0n) is 38.2. The second-order valence-electron chi connectivity index (χ2n) is 16.3. The molecule has 5 aromatic rings. The number of carbonyl (C=O) groups excluding carboxylic acids is 3. The van der Waals surface area contributed by atoms with Crippen molar-refractivity contribution in [2.45, 2.75) is 37.3 Å². The summed E-state index contributed by atoms with van der Waals surface area (Å²) in [4.78, 5) is 93.3. The normalized spacial score (nSPS) is 17.7. The highest BCUT2D eigenvalue weighted by atomic mass is 35.5. The molecule has 8 rings (SSSR count). The van der Waals surface area contributed by atoms with Crippen molar-refractivity contribution in [1.29, 1.82) is 0 Å². The SMILES string of the molecule is Nc1nc(=O)n([C@H]2CC[C@@H](COP(=O)(O)OP(=O)(O)OP(=O)(O)O)O2)cc1C#CCOCCNC(=O)c1ccc(CNC(=O)c2cc(Cl)c3c(c2Cl)C2(OC3=O)c3cc(Cl)c(O)c(Cl)c3Oc3c2cc(Cl)c(O)c3Cl)cc1. The Balaban J connectivity index is 0.845. The largest absolute Gasteiger partial charge is 0.505 e. The van der Waals surface area contributed by atoms with E-state index in [1.54, 1.807) is 12.1 Å². The van der Waals surface area contributed by atoms with E-state index < -0.39 is 93.0 Å². The molecule has 4 atom stereocenters. The Labute approximate surface area is 462 Å². The van der Waals surface area contributed by atoms with Crippen molar-refractivity contribution < 1.29 is 90.0 Å². The number of nitrogens with zero attached hydrogens (tertiary/aromatic N) is 2. The summed E-state index contributed by atoms with van der Waals surface area (Å²) in [6, 6.07) is 9.77. The number of phenolic OH excluding ortho intramolecular Hbond substituents is 2. The minimum absolute atomic E-state index is 0.0230. The van der Waals surface area contributed by atoms with E-state index in [0.717, 1.165) is 4.57 Å². The van der Waals surface area contributed by atoms with Crippen LogP contribution in [0.15, 0.2) is 53.5 Å². The first kappa shape index (κ1) is 58.2. The van der Waals surface area contributed by atoms with Gasteiger partial charge < -0.3 is 65.1 Å². The van der Waals surface area contributed by atoms with Gasteiger partial charge in [0.2, 0.25) is 0 Å². The molecule has 2 unspecified atom stereocenters. The van der Waals surface area contributed by atoms with Crippen molar-refractivity contribution in [3.8, 4) is 34.8 Å². The van der Waals surface area contributed by atoms with E-state index in [0.29, 0.717) is 5.56 Å². The molecule has 25 nitrogen and oxygen atoms in total. The average Bonchev–Trinajstić information content (AvgIpc) is 4.19. The van der Waals surface area contributed by atoms with Gasteiger partial charge in [0.1, 0.15) is 28.7 Å². The highest BCUT2D eigenvalue weighted by Gasteiger charge is 2.58. The van der Waals surface area contributed by atoms with E-state index in [-0.39, 0.29) is 115 Å². The van der Waals surface area contributed by atoms with Crippen molar-refractivity contribution in [2.24, 2.45) is 0 Å². The Morgan fingerprint density at radius 3 is 2.10 bits per heavy atom. The van der Waals surface area contributed by atoms with Crippen LogP contribution in [0.3, 0.4) is 0 Å². The first-order chi connectivity index (χ1) is 36.1. The molecular weight excluding hydrogens is 1210 g/mol. The highest BCUT2D eigenvalue weighted by molar-refractivity contribution is 7.66. The summed E-state index contributed by atoms with van der Waals surface area (Å²) in [6.07, 6.45) is -0.394. The van der Waals surface area contributed by atoms with Crippen LogP contribution in [0.4, 0.5) is 5.82 Å². The molecule has 408 valence electrons. The molecule has 3 aliphatic heterocycles. The zero-order valence-corrected chi connectivity index (χ0v) is 45.4. The van der Waals surface area contributed by atoms with Gasteiger partial charge in [-0.3, -0.25) is 18.7 Å². The van der Waals surface area contributed by atoms with Crippen molar-refractivity contribution in [1.82, 2.24) is 20.2 Å². The minimum Gasteiger partial charge on any atom is -0.505 e. The molecule has 4 heterocycles. The first-order valence-corrected chi connectivity index (χ1v) is 28.3. The molecule has 1 saturated heterocycles. The van der Waals surface area contributed by atoms with Gasteiger partial charge in [-0.25, -0.2) is 23.3 Å². The number of rotatable bonds is 16. The van der Waals surface area contributed by atoms with Gasteiger partial charge in [0.15, 0.2) is 28.6 Å². The highest BCUT2D eigenvalue weighted by Crippen LogP contribution is 2.67. The Bertz CT molecular complexity index is 3510. The maximum atomic E-state index is 13.9. The summed E-state index contributed by atoms with van der Waals surface area (Å²) in [5, 5.41) is 24.7. The van der Waals surface area contributed by atoms with Gasteiger partial charge in [-0.2, -0.15) is 13.6 Å². The van der Waals surface area contributed by atoms with Crippen LogP contribution in [0, 0.1) is 11.8 Å². The molecule has 2 amide bonds. The number of nitrogens with two attached hydrogens (primary N) is 1.